The van der Waals surface area contributed by atoms with E-state index in [0.717, 1.165) is 43.9 Å². The molecule has 1 spiro atoms. The van der Waals surface area contributed by atoms with Gasteiger partial charge in [0.15, 0.2) is 0 Å². The van der Waals surface area contributed by atoms with Crippen molar-refractivity contribution in [1.82, 2.24) is 14.9 Å². The number of anilines is 1. The van der Waals surface area contributed by atoms with Gasteiger partial charge in [-0.05, 0) is 52.6 Å². The Morgan fingerprint density at radius 1 is 0.929 bits per heavy atom. The average Bonchev–Trinajstić information content (AvgIpc) is 3.65. The number of likely N-dealkylation sites (tertiary alicyclic amines) is 1. The van der Waals surface area contributed by atoms with Gasteiger partial charge in [-0.1, -0.05) is 6.07 Å². The minimum absolute atomic E-state index is 0.0664. The number of halogens is 6. The maximum Gasteiger partial charge on any atom is 0.490 e. The molecule has 9 nitrogen and oxygen atoms in total. The van der Waals surface area contributed by atoms with Gasteiger partial charge in [0.2, 0.25) is 5.91 Å². The Bertz CT molecular complexity index is 1350. The van der Waals surface area contributed by atoms with Crippen molar-refractivity contribution in [2.75, 3.05) is 24.5 Å². The standard InChI is InChI=1S/C22H22N4OS.2C2HF3O2/c27-20(11-17-5-10-28-14-17)25-9-6-22(15-25)16-26(13-18-3-1-7-23-12-18)19-4-2-8-24-21(19)22;2*3-2(4,5)1(6)7/h1-5,7-8,10,12,14H,6,9,11,13,15-16H2;2*(H,6,7). The molecule has 3 aromatic heterocycles. The summed E-state index contributed by atoms with van der Waals surface area (Å²) in [6.45, 7) is 3.27. The Morgan fingerprint density at radius 3 is 2.12 bits per heavy atom. The lowest BCUT2D eigenvalue weighted by Gasteiger charge is -2.26. The van der Waals surface area contributed by atoms with Crippen molar-refractivity contribution in [2.24, 2.45) is 0 Å². The number of aliphatic carboxylic acids is 2. The van der Waals surface area contributed by atoms with Crippen molar-refractivity contribution in [2.45, 2.75) is 37.2 Å². The molecule has 2 N–H and O–H groups in total. The van der Waals surface area contributed by atoms with Crippen LogP contribution in [-0.2, 0) is 32.8 Å². The lowest BCUT2D eigenvalue weighted by molar-refractivity contribution is -0.193. The van der Waals surface area contributed by atoms with E-state index in [4.69, 9.17) is 24.8 Å². The van der Waals surface area contributed by atoms with E-state index < -0.39 is 24.3 Å². The van der Waals surface area contributed by atoms with Crippen LogP contribution in [0.4, 0.5) is 32.0 Å². The van der Waals surface area contributed by atoms with Crippen LogP contribution in [0.15, 0.2) is 59.7 Å². The molecule has 42 heavy (non-hydrogen) atoms. The third-order valence-corrected chi connectivity index (χ3v) is 7.08. The van der Waals surface area contributed by atoms with Crippen LogP contribution in [0.25, 0.3) is 0 Å². The van der Waals surface area contributed by atoms with Gasteiger partial charge in [-0.2, -0.15) is 37.7 Å². The van der Waals surface area contributed by atoms with E-state index >= 15 is 0 Å². The predicted octanol–water partition coefficient (Wildman–Crippen LogP) is 4.54. The molecule has 0 radical (unpaired) electrons. The SMILES string of the molecule is O=C(Cc1ccsc1)N1CCC2(C1)CN(Cc1cccnc1)c1cccnc12.O=C(O)C(F)(F)F.O=C(O)C(F)(F)F. The molecule has 1 fully saturated rings. The van der Waals surface area contributed by atoms with Crippen LogP contribution in [-0.4, -0.2) is 74.9 Å². The third-order valence-electron chi connectivity index (χ3n) is 6.35. The number of carbonyl (C=O) groups is 3. The maximum atomic E-state index is 12.8. The highest BCUT2D eigenvalue weighted by molar-refractivity contribution is 7.08. The van der Waals surface area contributed by atoms with Crippen molar-refractivity contribution in [3.63, 3.8) is 0 Å². The molecule has 3 aromatic rings. The van der Waals surface area contributed by atoms with Gasteiger partial charge in [0.1, 0.15) is 0 Å². The third kappa shape index (κ3) is 8.41. The minimum atomic E-state index is -5.08. The number of aromatic nitrogens is 2. The molecule has 5 heterocycles. The zero-order valence-corrected chi connectivity index (χ0v) is 22.4. The molecule has 0 saturated carbocycles. The fourth-order valence-corrected chi connectivity index (χ4v) is 5.20. The Kier molecular flexibility index (Phi) is 10.1. The highest BCUT2D eigenvalue weighted by Gasteiger charge is 2.49. The van der Waals surface area contributed by atoms with Gasteiger partial charge >= 0.3 is 24.3 Å². The van der Waals surface area contributed by atoms with Crippen molar-refractivity contribution in [3.05, 3.63) is 76.5 Å². The first kappa shape index (κ1) is 32.3. The number of thiophene rings is 1. The summed E-state index contributed by atoms with van der Waals surface area (Å²) < 4.78 is 63.5. The van der Waals surface area contributed by atoms with Crippen LogP contribution in [0.1, 0.15) is 23.2 Å². The van der Waals surface area contributed by atoms with Crippen molar-refractivity contribution in [3.8, 4) is 0 Å². The highest BCUT2D eigenvalue weighted by atomic mass is 32.1. The van der Waals surface area contributed by atoms with Crippen LogP contribution in [0.5, 0.6) is 0 Å². The molecule has 2 aliphatic heterocycles. The van der Waals surface area contributed by atoms with Crippen LogP contribution < -0.4 is 4.90 Å². The van der Waals surface area contributed by atoms with Gasteiger partial charge in [0.25, 0.3) is 0 Å². The van der Waals surface area contributed by atoms with E-state index in [9.17, 15) is 31.1 Å². The largest absolute Gasteiger partial charge is 0.490 e. The lowest BCUT2D eigenvalue weighted by atomic mass is 9.85. The molecule has 1 saturated heterocycles. The second kappa shape index (κ2) is 13.2. The van der Waals surface area contributed by atoms with Crippen molar-refractivity contribution < 1.29 is 50.9 Å². The molecule has 2 aliphatic rings. The summed E-state index contributed by atoms with van der Waals surface area (Å²) in [6, 6.07) is 10.3. The smallest absolute Gasteiger partial charge is 0.475 e. The minimum Gasteiger partial charge on any atom is -0.475 e. The number of carboxylic acids is 2. The second-order valence-corrected chi connectivity index (χ2v) is 10.1. The Balaban J connectivity index is 0.000000289. The molecule has 0 bridgehead atoms. The first-order chi connectivity index (χ1) is 19.6. The Morgan fingerprint density at radius 2 is 1.57 bits per heavy atom. The number of alkyl halides is 6. The van der Waals surface area contributed by atoms with Crippen molar-refractivity contribution in [1.29, 1.82) is 0 Å². The van der Waals surface area contributed by atoms with E-state index in [2.05, 4.69) is 27.4 Å². The first-order valence-electron chi connectivity index (χ1n) is 12.1. The molecule has 1 atom stereocenters. The Hall–Kier alpha value is -4.21. The fourth-order valence-electron chi connectivity index (χ4n) is 4.53. The van der Waals surface area contributed by atoms with Gasteiger partial charge in [-0.15, -0.1) is 0 Å². The van der Waals surface area contributed by atoms with Gasteiger partial charge in [-0.3, -0.25) is 14.8 Å². The molecule has 0 aromatic carbocycles. The monoisotopic (exact) mass is 618 g/mol. The van der Waals surface area contributed by atoms with Crippen LogP contribution in [0.2, 0.25) is 0 Å². The molecule has 1 amide bonds. The highest BCUT2D eigenvalue weighted by Crippen LogP contribution is 2.45. The number of carbonyl (C=O) groups excluding carboxylic acids is 1. The molecule has 1 unspecified atom stereocenters. The van der Waals surface area contributed by atoms with Gasteiger partial charge in [0.05, 0.1) is 23.2 Å². The quantitative estimate of drug-likeness (QED) is 0.409. The van der Waals surface area contributed by atoms with Gasteiger partial charge < -0.3 is 20.0 Å². The predicted molar refractivity (Wildman–Crippen MR) is 138 cm³/mol. The average molecular weight is 619 g/mol. The Labute approximate surface area is 239 Å². The van der Waals surface area contributed by atoms with Crippen LogP contribution >= 0.6 is 11.3 Å². The number of fused-ring (bicyclic) bond motifs is 2. The summed E-state index contributed by atoms with van der Waals surface area (Å²) in [5, 5.41) is 18.3. The molecule has 0 aliphatic carbocycles. The molecule has 16 heteroatoms. The van der Waals surface area contributed by atoms with E-state index in [0.29, 0.717) is 6.42 Å². The topological polar surface area (TPSA) is 124 Å². The van der Waals surface area contributed by atoms with E-state index in [1.807, 2.05) is 40.9 Å². The zero-order chi connectivity index (χ0) is 31.1. The van der Waals surface area contributed by atoms with Gasteiger partial charge in [0, 0.05) is 44.8 Å². The molecule has 226 valence electrons. The summed E-state index contributed by atoms with van der Waals surface area (Å²) in [7, 11) is 0. The molecule has 5 rings (SSSR count). The lowest BCUT2D eigenvalue weighted by Crippen LogP contribution is -2.38. The van der Waals surface area contributed by atoms with Crippen LogP contribution in [0.3, 0.4) is 0 Å². The summed E-state index contributed by atoms with van der Waals surface area (Å²) >= 11 is 1.64. The fraction of sp³-hybridized carbons (Fsp3) is 0.346. The number of carboxylic acid groups (broad SMARTS) is 2. The number of pyridine rings is 2. The normalized spacial score (nSPS) is 17.6. The number of rotatable bonds is 4. The van der Waals surface area contributed by atoms with Crippen LogP contribution in [0, 0.1) is 0 Å². The number of amides is 1. The first-order valence-corrected chi connectivity index (χ1v) is 13.0. The van der Waals surface area contributed by atoms with Gasteiger partial charge in [-0.25, -0.2) is 9.59 Å². The summed E-state index contributed by atoms with van der Waals surface area (Å²) in [5.74, 6) is -5.29. The molecular weight excluding hydrogens is 594 g/mol. The second-order valence-electron chi connectivity index (χ2n) is 9.35. The zero-order valence-electron chi connectivity index (χ0n) is 21.6. The van der Waals surface area contributed by atoms with E-state index in [1.54, 1.807) is 17.5 Å². The summed E-state index contributed by atoms with van der Waals surface area (Å²) in [6.07, 6.45) is -3.10. The summed E-state index contributed by atoms with van der Waals surface area (Å²) in [4.78, 5) is 44.1. The number of nitrogens with zero attached hydrogens (tertiary/aromatic N) is 4. The maximum absolute atomic E-state index is 12.8. The number of hydrogen-bond acceptors (Lipinski definition) is 7. The van der Waals surface area contributed by atoms with Crippen molar-refractivity contribution >= 4 is 34.9 Å². The van der Waals surface area contributed by atoms with E-state index in [1.165, 1.54) is 11.3 Å². The number of hydrogen-bond donors (Lipinski definition) is 2. The summed E-state index contributed by atoms with van der Waals surface area (Å²) in [5.41, 5.74) is 4.57. The van der Waals surface area contributed by atoms with E-state index in [-0.39, 0.29) is 11.3 Å². The molecular formula is C26H24F6N4O5S.